The van der Waals surface area contributed by atoms with Gasteiger partial charge in [-0.2, -0.15) is 5.10 Å². The summed E-state index contributed by atoms with van der Waals surface area (Å²) in [5.74, 6) is 0. The van der Waals surface area contributed by atoms with Crippen molar-refractivity contribution in [1.82, 2.24) is 14.8 Å². The van der Waals surface area contributed by atoms with Crippen molar-refractivity contribution in [3.05, 3.63) is 37.7 Å². The summed E-state index contributed by atoms with van der Waals surface area (Å²) in [6.45, 7) is 3.40. The van der Waals surface area contributed by atoms with E-state index in [9.17, 15) is 4.79 Å². The number of ether oxygens (including phenoxy) is 1. The van der Waals surface area contributed by atoms with Crippen LogP contribution in [0.5, 0.6) is 0 Å². The molecule has 0 amide bonds. The zero-order valence-electron chi connectivity index (χ0n) is 11.9. The zero-order valence-corrected chi connectivity index (χ0v) is 13.5. The highest BCUT2D eigenvalue weighted by atomic mass is 35.5. The van der Waals surface area contributed by atoms with Crippen LogP contribution in [0.1, 0.15) is 16.8 Å². The van der Waals surface area contributed by atoms with Crippen molar-refractivity contribution < 1.29 is 4.74 Å². The van der Waals surface area contributed by atoms with Gasteiger partial charge in [0.2, 0.25) is 0 Å². The Labute approximate surface area is 131 Å². The smallest absolute Gasteiger partial charge is 0.287 e. The van der Waals surface area contributed by atoms with Crippen molar-refractivity contribution in [3.8, 4) is 0 Å². The first kappa shape index (κ1) is 15.9. The molecule has 0 radical (unpaired) electrons. The number of aryl methyl sites for hydroxylation is 1. The molecular formula is C13H17ClN4O2S. The summed E-state index contributed by atoms with van der Waals surface area (Å²) in [7, 11) is 1.57. The molecule has 0 aliphatic heterocycles. The highest BCUT2D eigenvalue weighted by Gasteiger charge is 2.09. The molecule has 0 saturated carbocycles. The standard InChI is InChI=1S/C13H17ClN4O2S/c1-3-9-6-16-11(21-9)8-15-10-7-17-18(4-5-20-2)13(19)12(10)14/h6-7,15H,3-5,8H2,1-2H3. The molecule has 0 spiro atoms. The van der Waals surface area contributed by atoms with Crippen molar-refractivity contribution >= 4 is 28.6 Å². The van der Waals surface area contributed by atoms with Gasteiger partial charge in [0.1, 0.15) is 10.0 Å². The first-order valence-corrected chi connectivity index (χ1v) is 7.77. The molecular weight excluding hydrogens is 312 g/mol. The minimum atomic E-state index is -0.327. The Kier molecular flexibility index (Phi) is 5.72. The van der Waals surface area contributed by atoms with Crippen LogP contribution < -0.4 is 10.9 Å². The van der Waals surface area contributed by atoms with Gasteiger partial charge in [-0.15, -0.1) is 11.3 Å². The number of hydrogen-bond acceptors (Lipinski definition) is 6. The number of hydrogen-bond donors (Lipinski definition) is 1. The highest BCUT2D eigenvalue weighted by Crippen LogP contribution is 2.18. The number of methoxy groups -OCH3 is 1. The lowest BCUT2D eigenvalue weighted by Gasteiger charge is -2.09. The Balaban J connectivity index is 2.06. The van der Waals surface area contributed by atoms with E-state index in [2.05, 4.69) is 22.3 Å². The molecule has 8 heteroatoms. The molecule has 0 fully saturated rings. The summed E-state index contributed by atoms with van der Waals surface area (Å²) >= 11 is 7.72. The molecule has 0 aliphatic carbocycles. The molecule has 0 unspecified atom stereocenters. The summed E-state index contributed by atoms with van der Waals surface area (Å²) in [4.78, 5) is 17.5. The van der Waals surface area contributed by atoms with E-state index in [0.717, 1.165) is 11.4 Å². The number of halogens is 1. The Hall–Kier alpha value is -1.44. The monoisotopic (exact) mass is 328 g/mol. The minimum Gasteiger partial charge on any atom is -0.383 e. The van der Waals surface area contributed by atoms with Gasteiger partial charge in [0.05, 0.1) is 31.6 Å². The predicted octanol–water partition coefficient (Wildman–Crippen LogP) is 2.17. The molecule has 2 aromatic heterocycles. The second kappa shape index (κ2) is 7.53. The Morgan fingerprint density at radius 2 is 2.29 bits per heavy atom. The summed E-state index contributed by atoms with van der Waals surface area (Å²) in [6.07, 6.45) is 4.38. The Morgan fingerprint density at radius 3 is 2.95 bits per heavy atom. The maximum atomic E-state index is 12.0. The average Bonchev–Trinajstić information content (AvgIpc) is 2.96. The van der Waals surface area contributed by atoms with Crippen molar-refractivity contribution in [2.75, 3.05) is 19.0 Å². The normalized spacial score (nSPS) is 10.8. The molecule has 0 saturated heterocycles. The molecule has 2 rings (SSSR count). The van der Waals surface area contributed by atoms with Gasteiger partial charge >= 0.3 is 0 Å². The van der Waals surface area contributed by atoms with Gasteiger partial charge in [-0.3, -0.25) is 4.79 Å². The van der Waals surface area contributed by atoms with Crippen LogP contribution in [0, 0.1) is 0 Å². The summed E-state index contributed by atoms with van der Waals surface area (Å²) in [5.41, 5.74) is 0.190. The zero-order chi connectivity index (χ0) is 15.2. The number of aromatic nitrogens is 3. The van der Waals surface area contributed by atoms with E-state index in [1.807, 2.05) is 6.20 Å². The number of rotatable bonds is 7. The van der Waals surface area contributed by atoms with Crippen LogP contribution in [0.3, 0.4) is 0 Å². The quantitative estimate of drug-likeness (QED) is 0.843. The third-order valence-electron chi connectivity index (χ3n) is 2.87. The van der Waals surface area contributed by atoms with Crippen LogP contribution in [-0.2, 0) is 24.2 Å². The highest BCUT2D eigenvalue weighted by molar-refractivity contribution is 7.11. The maximum absolute atomic E-state index is 12.0. The number of thiazole rings is 1. The van der Waals surface area contributed by atoms with Crippen LogP contribution in [0.4, 0.5) is 5.69 Å². The molecule has 0 aliphatic rings. The van der Waals surface area contributed by atoms with Crippen LogP contribution in [0.2, 0.25) is 5.02 Å². The Morgan fingerprint density at radius 1 is 1.48 bits per heavy atom. The topological polar surface area (TPSA) is 69.0 Å². The van der Waals surface area contributed by atoms with Crippen molar-refractivity contribution in [1.29, 1.82) is 0 Å². The van der Waals surface area contributed by atoms with Gasteiger partial charge in [-0.1, -0.05) is 18.5 Å². The van der Waals surface area contributed by atoms with Gasteiger partial charge in [0.15, 0.2) is 0 Å². The van der Waals surface area contributed by atoms with Crippen LogP contribution >= 0.6 is 22.9 Å². The number of nitrogens with one attached hydrogen (secondary N) is 1. The fourth-order valence-electron chi connectivity index (χ4n) is 1.69. The van der Waals surface area contributed by atoms with E-state index in [1.165, 1.54) is 9.56 Å². The first-order valence-electron chi connectivity index (χ1n) is 6.57. The summed E-state index contributed by atoms with van der Waals surface area (Å²) in [6, 6.07) is 0. The van der Waals surface area contributed by atoms with Gasteiger partial charge < -0.3 is 10.1 Å². The van der Waals surface area contributed by atoms with Crippen molar-refractivity contribution in [2.45, 2.75) is 26.4 Å². The molecule has 2 heterocycles. The first-order chi connectivity index (χ1) is 10.2. The fourth-order valence-corrected chi connectivity index (χ4v) is 2.70. The lowest BCUT2D eigenvalue weighted by Crippen LogP contribution is -2.26. The molecule has 114 valence electrons. The summed E-state index contributed by atoms with van der Waals surface area (Å²) in [5, 5.41) is 8.25. The van der Waals surface area contributed by atoms with E-state index < -0.39 is 0 Å². The third kappa shape index (κ3) is 4.03. The van der Waals surface area contributed by atoms with Crippen LogP contribution in [-0.4, -0.2) is 28.5 Å². The predicted molar refractivity (Wildman–Crippen MR) is 84.2 cm³/mol. The van der Waals surface area contributed by atoms with E-state index in [4.69, 9.17) is 16.3 Å². The second-order valence-electron chi connectivity index (χ2n) is 4.32. The second-order valence-corrected chi connectivity index (χ2v) is 5.90. The number of nitrogens with zero attached hydrogens (tertiary/aromatic N) is 3. The third-order valence-corrected chi connectivity index (χ3v) is 4.38. The summed E-state index contributed by atoms with van der Waals surface area (Å²) < 4.78 is 6.21. The SMILES string of the molecule is CCc1cnc(CNc2cnn(CCOC)c(=O)c2Cl)s1. The van der Waals surface area contributed by atoms with Crippen molar-refractivity contribution in [3.63, 3.8) is 0 Å². The molecule has 2 aromatic rings. The molecule has 0 atom stereocenters. The molecule has 1 N–H and O–H groups in total. The molecule has 0 aromatic carbocycles. The van der Waals surface area contributed by atoms with Crippen LogP contribution in [0.25, 0.3) is 0 Å². The van der Waals surface area contributed by atoms with Gasteiger partial charge in [0.25, 0.3) is 5.56 Å². The number of anilines is 1. The minimum absolute atomic E-state index is 0.133. The van der Waals surface area contributed by atoms with Crippen molar-refractivity contribution in [2.24, 2.45) is 0 Å². The van der Waals surface area contributed by atoms with Gasteiger partial charge in [-0.25, -0.2) is 9.67 Å². The maximum Gasteiger partial charge on any atom is 0.287 e. The van der Waals surface area contributed by atoms with E-state index in [-0.39, 0.29) is 10.6 Å². The molecule has 0 bridgehead atoms. The largest absolute Gasteiger partial charge is 0.383 e. The fraction of sp³-hybridized carbons (Fsp3) is 0.462. The lowest BCUT2D eigenvalue weighted by atomic mass is 10.4. The van der Waals surface area contributed by atoms with E-state index >= 15 is 0 Å². The molecule has 6 nitrogen and oxygen atoms in total. The van der Waals surface area contributed by atoms with E-state index in [0.29, 0.717) is 25.4 Å². The Bertz CT molecular complexity index is 656. The van der Waals surface area contributed by atoms with Crippen LogP contribution in [0.15, 0.2) is 17.2 Å². The van der Waals surface area contributed by atoms with Gasteiger partial charge in [0, 0.05) is 18.2 Å². The molecule has 21 heavy (non-hydrogen) atoms. The van der Waals surface area contributed by atoms with Gasteiger partial charge in [-0.05, 0) is 6.42 Å². The lowest BCUT2D eigenvalue weighted by molar-refractivity contribution is 0.182. The van der Waals surface area contributed by atoms with E-state index in [1.54, 1.807) is 24.6 Å². The average molecular weight is 329 g/mol.